The van der Waals surface area contributed by atoms with E-state index in [2.05, 4.69) is 20.1 Å². The van der Waals surface area contributed by atoms with Crippen molar-refractivity contribution in [3.63, 3.8) is 0 Å². The van der Waals surface area contributed by atoms with E-state index in [-0.39, 0.29) is 0 Å². The second-order valence-corrected chi connectivity index (χ2v) is 6.97. The zero-order chi connectivity index (χ0) is 18.5. The Morgan fingerprint density at radius 3 is 3.00 bits per heavy atom. The van der Waals surface area contributed by atoms with Crippen LogP contribution in [0.5, 0.6) is 0 Å². The molecule has 1 atom stereocenters. The molecular weight excluding hydrogens is 336 g/mol. The van der Waals surface area contributed by atoms with Gasteiger partial charge in [0.05, 0.1) is 24.5 Å². The van der Waals surface area contributed by atoms with Gasteiger partial charge in [-0.2, -0.15) is 10.1 Å². The van der Waals surface area contributed by atoms with Gasteiger partial charge in [-0.05, 0) is 26.6 Å². The molecule has 1 N–H and O–H groups in total. The average molecular weight is 364 g/mol. The monoisotopic (exact) mass is 364 g/mol. The van der Waals surface area contributed by atoms with Gasteiger partial charge in [-0.1, -0.05) is 5.16 Å². The predicted molar refractivity (Wildman–Crippen MR) is 94.3 cm³/mol. The topological polar surface area (TPSA) is 92.7 Å². The molecule has 0 radical (unpaired) electrons. The lowest BCUT2D eigenvalue weighted by Gasteiger charge is -2.16. The molecule has 0 amide bonds. The largest absolute Gasteiger partial charge is 0.385 e. The summed E-state index contributed by atoms with van der Waals surface area (Å²) in [5, 5.41) is 18.9. The molecule has 0 saturated heterocycles. The van der Waals surface area contributed by atoms with Gasteiger partial charge in [-0.25, -0.2) is 0 Å². The second-order valence-electron chi connectivity index (χ2n) is 6.97. The van der Waals surface area contributed by atoms with Gasteiger partial charge in [0.2, 0.25) is 5.89 Å². The van der Waals surface area contributed by atoms with E-state index >= 15 is 0 Å². The Morgan fingerprint density at radius 1 is 1.38 bits per heavy atom. The maximum Gasteiger partial charge on any atom is 0.240 e. The summed E-state index contributed by atoms with van der Waals surface area (Å²) >= 11 is 0. The highest BCUT2D eigenvalue weighted by molar-refractivity contribution is 5.14. The first-order valence-electron chi connectivity index (χ1n) is 8.97. The smallest absolute Gasteiger partial charge is 0.240 e. The molecule has 1 aliphatic heterocycles. The Balaban J connectivity index is 1.63. The van der Waals surface area contributed by atoms with Crippen molar-refractivity contribution >= 4 is 0 Å². The van der Waals surface area contributed by atoms with Crippen LogP contribution in [0.2, 0.25) is 0 Å². The number of likely N-dealkylation sites (N-methyl/N-ethyl adjacent to an activating group) is 1. The summed E-state index contributed by atoms with van der Waals surface area (Å²) in [6, 6.07) is 2.00. The van der Waals surface area contributed by atoms with E-state index in [0.717, 1.165) is 37.4 Å². The minimum atomic E-state index is -0.572. The Labute approximate surface area is 153 Å². The number of ether oxygens (including phenoxy) is 1. The zero-order valence-electron chi connectivity index (χ0n) is 15.8. The average Bonchev–Trinajstić information content (AvgIpc) is 3.15. The molecular formula is C17H28N6O3. The maximum atomic E-state index is 10.3. The Bertz CT molecular complexity index is 698. The maximum absolute atomic E-state index is 10.3. The first-order chi connectivity index (χ1) is 12.5. The van der Waals surface area contributed by atoms with Crippen molar-refractivity contribution in [1.29, 1.82) is 0 Å². The van der Waals surface area contributed by atoms with E-state index < -0.39 is 6.10 Å². The predicted octanol–water partition coefficient (Wildman–Crippen LogP) is 0.456. The Kier molecular flexibility index (Phi) is 6.36. The molecule has 144 valence electrons. The van der Waals surface area contributed by atoms with Crippen LogP contribution in [0.25, 0.3) is 0 Å². The van der Waals surface area contributed by atoms with Crippen LogP contribution in [-0.4, -0.2) is 75.7 Å². The Hall–Kier alpha value is -1.81. The number of aliphatic hydroxyl groups excluding tert-OH is 1. The zero-order valence-corrected chi connectivity index (χ0v) is 15.8. The third-order valence-electron chi connectivity index (χ3n) is 4.39. The van der Waals surface area contributed by atoms with E-state index in [0.29, 0.717) is 37.8 Å². The standard InChI is InChI=1S/C17H28N6O3/c1-21(2)11-15(24)14-9-13-10-22(6-4-7-23(13)19-14)12-17-18-16(20-26-17)5-8-25-3/h9,15,24H,4-8,10-12H2,1-3H3. The molecule has 0 fully saturated rings. The highest BCUT2D eigenvalue weighted by atomic mass is 16.5. The summed E-state index contributed by atoms with van der Waals surface area (Å²) in [7, 11) is 5.54. The van der Waals surface area contributed by atoms with Gasteiger partial charge < -0.3 is 19.3 Å². The number of methoxy groups -OCH3 is 1. The van der Waals surface area contributed by atoms with Crippen LogP contribution in [0.15, 0.2) is 10.6 Å². The first-order valence-corrected chi connectivity index (χ1v) is 8.97. The van der Waals surface area contributed by atoms with Crippen molar-refractivity contribution in [1.82, 2.24) is 29.7 Å². The van der Waals surface area contributed by atoms with Gasteiger partial charge in [0.15, 0.2) is 5.82 Å². The number of nitrogens with zero attached hydrogens (tertiary/aromatic N) is 6. The van der Waals surface area contributed by atoms with Crippen molar-refractivity contribution in [3.8, 4) is 0 Å². The first kappa shape index (κ1) is 19.0. The molecule has 0 saturated carbocycles. The van der Waals surface area contributed by atoms with E-state index in [1.807, 2.05) is 29.7 Å². The normalized spacial score (nSPS) is 16.7. The molecule has 2 aromatic heterocycles. The fourth-order valence-electron chi connectivity index (χ4n) is 3.13. The quantitative estimate of drug-likeness (QED) is 0.722. The summed E-state index contributed by atoms with van der Waals surface area (Å²) in [5.74, 6) is 1.30. The molecule has 0 aromatic carbocycles. The summed E-state index contributed by atoms with van der Waals surface area (Å²) in [5.41, 5.74) is 1.84. The van der Waals surface area contributed by atoms with E-state index in [1.54, 1.807) is 7.11 Å². The highest BCUT2D eigenvalue weighted by Gasteiger charge is 2.21. The van der Waals surface area contributed by atoms with Crippen LogP contribution >= 0.6 is 0 Å². The molecule has 2 aromatic rings. The molecule has 9 heteroatoms. The lowest BCUT2D eigenvalue weighted by atomic mass is 10.2. The number of rotatable bonds is 8. The van der Waals surface area contributed by atoms with Crippen molar-refractivity contribution in [2.45, 2.75) is 38.6 Å². The summed E-state index contributed by atoms with van der Waals surface area (Å²) in [4.78, 5) is 8.66. The van der Waals surface area contributed by atoms with Gasteiger partial charge in [0, 0.05) is 39.7 Å². The number of hydrogen-bond donors (Lipinski definition) is 1. The van der Waals surface area contributed by atoms with Gasteiger partial charge in [0.1, 0.15) is 6.10 Å². The lowest BCUT2D eigenvalue weighted by molar-refractivity contribution is 0.133. The summed E-state index contributed by atoms with van der Waals surface area (Å²) < 4.78 is 12.4. The third-order valence-corrected chi connectivity index (χ3v) is 4.39. The fourth-order valence-corrected chi connectivity index (χ4v) is 3.13. The lowest BCUT2D eigenvalue weighted by Crippen LogP contribution is -2.23. The van der Waals surface area contributed by atoms with Crippen LogP contribution in [0.4, 0.5) is 0 Å². The van der Waals surface area contributed by atoms with Gasteiger partial charge in [-0.15, -0.1) is 0 Å². The molecule has 0 aliphatic carbocycles. The molecule has 1 aliphatic rings. The highest BCUT2D eigenvalue weighted by Crippen LogP contribution is 2.19. The fraction of sp³-hybridized carbons (Fsp3) is 0.706. The van der Waals surface area contributed by atoms with E-state index in [9.17, 15) is 5.11 Å². The minimum Gasteiger partial charge on any atom is -0.385 e. The number of aliphatic hydroxyl groups is 1. The van der Waals surface area contributed by atoms with Crippen LogP contribution in [0.3, 0.4) is 0 Å². The number of aromatic nitrogens is 4. The van der Waals surface area contributed by atoms with Crippen LogP contribution in [0.1, 0.15) is 35.6 Å². The number of fused-ring (bicyclic) bond motifs is 1. The molecule has 0 spiro atoms. The van der Waals surface area contributed by atoms with Crippen LogP contribution < -0.4 is 0 Å². The molecule has 9 nitrogen and oxygen atoms in total. The van der Waals surface area contributed by atoms with E-state index in [1.165, 1.54) is 0 Å². The summed E-state index contributed by atoms with van der Waals surface area (Å²) in [6.45, 7) is 4.29. The van der Waals surface area contributed by atoms with E-state index in [4.69, 9.17) is 9.26 Å². The van der Waals surface area contributed by atoms with Gasteiger partial charge >= 0.3 is 0 Å². The number of hydrogen-bond acceptors (Lipinski definition) is 8. The molecule has 26 heavy (non-hydrogen) atoms. The molecule has 1 unspecified atom stereocenters. The molecule has 3 heterocycles. The SMILES string of the molecule is COCCc1noc(CN2CCCn3nc(C(O)CN(C)C)cc3C2)n1. The van der Waals surface area contributed by atoms with Crippen LogP contribution in [0, 0.1) is 0 Å². The van der Waals surface area contributed by atoms with Gasteiger partial charge in [0.25, 0.3) is 0 Å². The summed E-state index contributed by atoms with van der Waals surface area (Å²) in [6.07, 6.45) is 1.07. The Morgan fingerprint density at radius 2 is 2.23 bits per heavy atom. The molecule has 0 bridgehead atoms. The third kappa shape index (κ3) is 4.88. The van der Waals surface area contributed by atoms with Crippen LogP contribution in [-0.2, 0) is 30.8 Å². The van der Waals surface area contributed by atoms with Gasteiger partial charge in [-0.3, -0.25) is 9.58 Å². The van der Waals surface area contributed by atoms with Crippen molar-refractivity contribution < 1.29 is 14.4 Å². The van der Waals surface area contributed by atoms with Crippen molar-refractivity contribution in [2.24, 2.45) is 0 Å². The number of aryl methyl sites for hydroxylation is 1. The van der Waals surface area contributed by atoms with Crippen molar-refractivity contribution in [3.05, 3.63) is 29.2 Å². The minimum absolute atomic E-state index is 0.562. The second kappa shape index (κ2) is 8.72. The van der Waals surface area contributed by atoms with Crippen molar-refractivity contribution in [2.75, 3.05) is 40.9 Å². The molecule has 3 rings (SSSR count).